The minimum absolute atomic E-state index is 0.0107. The highest BCUT2D eigenvalue weighted by molar-refractivity contribution is 7.80. The normalized spacial score (nSPS) is 17.0. The lowest BCUT2D eigenvalue weighted by molar-refractivity contribution is -0.118. The minimum Gasteiger partial charge on any atom is -0.497 e. The number of benzene rings is 2. The second kappa shape index (κ2) is 10.7. The molecule has 2 atom stereocenters. The van der Waals surface area contributed by atoms with E-state index in [1.165, 1.54) is 0 Å². The Labute approximate surface area is 228 Å². The maximum absolute atomic E-state index is 12.3. The summed E-state index contributed by atoms with van der Waals surface area (Å²) in [6.07, 6.45) is 3.85. The molecule has 4 aromatic rings. The number of carbonyl (C=O) groups is 1. The first-order valence-corrected chi connectivity index (χ1v) is 13.0. The molecule has 2 N–H and O–H groups in total. The molecule has 3 heterocycles. The first-order valence-electron chi connectivity index (χ1n) is 12.6. The summed E-state index contributed by atoms with van der Waals surface area (Å²) in [5.41, 5.74) is 5.63. The summed E-state index contributed by atoms with van der Waals surface area (Å²) in [5, 5.41) is 7.16. The van der Waals surface area contributed by atoms with Gasteiger partial charge in [0.25, 0.3) is 0 Å². The maximum atomic E-state index is 12.3. The standard InChI is InChI=1S/C30H31N5O2S/c1-19(2)29(36)32-24-14-13-22(17-20(24)3)35-28(27(33-30(35)38)25-11-5-6-15-31-25)26-12-8-16-34(26)21-9-7-10-23(18-21)37-4/h5-19,27-28H,1-4H3,(H,32,36)(H,33,38)/t27-,28-/m1/s1. The summed E-state index contributed by atoms with van der Waals surface area (Å²) in [6.45, 7) is 5.76. The minimum atomic E-state index is -0.186. The van der Waals surface area contributed by atoms with Gasteiger partial charge in [-0.1, -0.05) is 26.0 Å². The summed E-state index contributed by atoms with van der Waals surface area (Å²) in [6, 6.07) is 23.7. The number of carbonyl (C=O) groups excluding carboxylic acids is 1. The number of rotatable bonds is 7. The van der Waals surface area contributed by atoms with Crippen LogP contribution in [0.4, 0.5) is 11.4 Å². The molecule has 0 spiro atoms. The third-order valence-electron chi connectivity index (χ3n) is 6.78. The van der Waals surface area contributed by atoms with Crippen LogP contribution in [0, 0.1) is 12.8 Å². The molecule has 1 aliphatic rings. The number of nitrogens with one attached hydrogen (secondary N) is 2. The Hall–Kier alpha value is -4.17. The fourth-order valence-corrected chi connectivity index (χ4v) is 5.12. The molecule has 1 fully saturated rings. The van der Waals surface area contributed by atoms with Gasteiger partial charge in [-0.15, -0.1) is 0 Å². The number of aromatic nitrogens is 2. The predicted octanol–water partition coefficient (Wildman–Crippen LogP) is 5.96. The van der Waals surface area contributed by atoms with Gasteiger partial charge in [-0.25, -0.2) is 0 Å². The monoisotopic (exact) mass is 525 g/mol. The zero-order valence-electron chi connectivity index (χ0n) is 21.9. The summed E-state index contributed by atoms with van der Waals surface area (Å²) >= 11 is 5.92. The number of anilines is 2. The number of amides is 1. The van der Waals surface area contributed by atoms with E-state index in [9.17, 15) is 4.79 Å². The van der Waals surface area contributed by atoms with Crippen LogP contribution in [-0.4, -0.2) is 27.7 Å². The number of hydrogen-bond acceptors (Lipinski definition) is 4. The molecule has 0 bridgehead atoms. The molecule has 0 aliphatic carbocycles. The largest absolute Gasteiger partial charge is 0.497 e. The van der Waals surface area contributed by atoms with Crippen molar-refractivity contribution in [2.75, 3.05) is 17.3 Å². The summed E-state index contributed by atoms with van der Waals surface area (Å²) in [5.74, 6) is 0.677. The van der Waals surface area contributed by atoms with Gasteiger partial charge in [-0.3, -0.25) is 9.78 Å². The van der Waals surface area contributed by atoms with Crippen LogP contribution in [-0.2, 0) is 4.79 Å². The molecule has 2 aromatic heterocycles. The van der Waals surface area contributed by atoms with Crippen LogP contribution in [0.1, 0.15) is 42.9 Å². The number of thiocarbonyl (C=S) groups is 1. The lowest BCUT2D eigenvalue weighted by atomic mass is 10.00. The second-order valence-corrected chi connectivity index (χ2v) is 10.0. The zero-order valence-corrected chi connectivity index (χ0v) is 22.7. The van der Waals surface area contributed by atoms with Crippen molar-refractivity contribution in [2.45, 2.75) is 32.9 Å². The van der Waals surface area contributed by atoms with Gasteiger partial charge in [-0.2, -0.15) is 0 Å². The van der Waals surface area contributed by atoms with Gasteiger partial charge in [0, 0.05) is 47.1 Å². The van der Waals surface area contributed by atoms with E-state index in [-0.39, 0.29) is 23.9 Å². The zero-order chi connectivity index (χ0) is 26.8. The van der Waals surface area contributed by atoms with Gasteiger partial charge in [-0.05, 0) is 79.3 Å². The third-order valence-corrected chi connectivity index (χ3v) is 7.10. The first kappa shape index (κ1) is 25.5. The molecule has 5 rings (SSSR count). The average molecular weight is 526 g/mol. The summed E-state index contributed by atoms with van der Waals surface area (Å²) in [7, 11) is 1.67. The Morgan fingerprint density at radius 3 is 2.61 bits per heavy atom. The Morgan fingerprint density at radius 2 is 1.89 bits per heavy atom. The smallest absolute Gasteiger partial charge is 0.226 e. The summed E-state index contributed by atoms with van der Waals surface area (Å²) < 4.78 is 7.65. The van der Waals surface area contributed by atoms with Crippen LogP contribution in [0.15, 0.2) is 85.2 Å². The molecule has 1 saturated heterocycles. The second-order valence-electron chi connectivity index (χ2n) is 9.64. The number of aryl methyl sites for hydroxylation is 1. The van der Waals surface area contributed by atoms with Crippen LogP contribution in [0.2, 0.25) is 0 Å². The van der Waals surface area contributed by atoms with E-state index in [1.54, 1.807) is 13.3 Å². The van der Waals surface area contributed by atoms with Crippen molar-refractivity contribution in [3.8, 4) is 11.4 Å². The van der Waals surface area contributed by atoms with Gasteiger partial charge in [0.2, 0.25) is 5.91 Å². The van der Waals surface area contributed by atoms with E-state index < -0.39 is 0 Å². The first-order chi connectivity index (χ1) is 18.4. The molecular weight excluding hydrogens is 494 g/mol. The van der Waals surface area contributed by atoms with Crippen molar-refractivity contribution in [3.63, 3.8) is 0 Å². The van der Waals surface area contributed by atoms with Gasteiger partial charge in [0.1, 0.15) is 11.8 Å². The number of pyridine rings is 1. The van der Waals surface area contributed by atoms with E-state index in [2.05, 4.69) is 49.5 Å². The molecular formula is C30H31N5O2S. The average Bonchev–Trinajstić information content (AvgIpc) is 3.54. The lowest BCUT2D eigenvalue weighted by Gasteiger charge is -2.29. The molecule has 1 amide bonds. The van der Waals surface area contributed by atoms with Crippen LogP contribution in [0.25, 0.3) is 5.69 Å². The highest BCUT2D eigenvalue weighted by atomic mass is 32.1. The van der Waals surface area contributed by atoms with Crippen molar-refractivity contribution in [3.05, 3.63) is 102 Å². The maximum Gasteiger partial charge on any atom is 0.226 e. The van der Waals surface area contributed by atoms with Crippen LogP contribution >= 0.6 is 12.2 Å². The van der Waals surface area contributed by atoms with E-state index in [0.29, 0.717) is 5.11 Å². The Bertz CT molecular complexity index is 1470. The Balaban J connectivity index is 1.60. The Kier molecular flexibility index (Phi) is 7.15. The van der Waals surface area contributed by atoms with E-state index >= 15 is 0 Å². The number of hydrogen-bond donors (Lipinski definition) is 2. The summed E-state index contributed by atoms with van der Waals surface area (Å²) in [4.78, 5) is 19.1. The lowest BCUT2D eigenvalue weighted by Crippen LogP contribution is -2.30. The molecule has 7 nitrogen and oxygen atoms in total. The van der Waals surface area contributed by atoms with Crippen molar-refractivity contribution in [2.24, 2.45) is 5.92 Å². The van der Waals surface area contributed by atoms with Crippen LogP contribution < -0.4 is 20.3 Å². The molecule has 2 aromatic carbocycles. The van der Waals surface area contributed by atoms with Crippen LogP contribution in [0.5, 0.6) is 5.75 Å². The SMILES string of the molecule is COc1cccc(-n2cccc2[C@@H]2[C@@H](c3ccccn3)NC(=S)N2c2ccc(NC(=O)C(C)C)c(C)c2)c1. The van der Waals surface area contributed by atoms with E-state index in [0.717, 1.165) is 39.8 Å². The molecule has 0 unspecified atom stereocenters. The highest BCUT2D eigenvalue weighted by Crippen LogP contribution is 2.43. The van der Waals surface area contributed by atoms with Crippen molar-refractivity contribution >= 4 is 34.6 Å². The van der Waals surface area contributed by atoms with Crippen molar-refractivity contribution in [1.82, 2.24) is 14.9 Å². The van der Waals surface area contributed by atoms with E-state index in [1.807, 2.05) is 75.4 Å². The number of ether oxygens (including phenoxy) is 1. The number of nitrogens with zero attached hydrogens (tertiary/aromatic N) is 3. The Morgan fingerprint density at radius 1 is 1.05 bits per heavy atom. The van der Waals surface area contributed by atoms with Crippen molar-refractivity contribution in [1.29, 1.82) is 0 Å². The molecule has 0 saturated carbocycles. The van der Waals surface area contributed by atoms with Gasteiger partial charge in [0.15, 0.2) is 5.11 Å². The van der Waals surface area contributed by atoms with Crippen LogP contribution in [0.3, 0.4) is 0 Å². The van der Waals surface area contributed by atoms with Gasteiger partial charge in [0.05, 0.1) is 18.8 Å². The predicted molar refractivity (Wildman–Crippen MR) is 155 cm³/mol. The molecule has 38 heavy (non-hydrogen) atoms. The highest BCUT2D eigenvalue weighted by Gasteiger charge is 2.42. The number of methoxy groups -OCH3 is 1. The third kappa shape index (κ3) is 4.87. The van der Waals surface area contributed by atoms with Gasteiger partial charge >= 0.3 is 0 Å². The molecule has 0 radical (unpaired) electrons. The van der Waals surface area contributed by atoms with Crippen molar-refractivity contribution < 1.29 is 9.53 Å². The molecule has 194 valence electrons. The topological polar surface area (TPSA) is 71.4 Å². The quantitative estimate of drug-likeness (QED) is 0.290. The van der Waals surface area contributed by atoms with E-state index in [4.69, 9.17) is 17.0 Å². The van der Waals surface area contributed by atoms with Gasteiger partial charge < -0.3 is 24.8 Å². The fraction of sp³-hybridized carbons (Fsp3) is 0.233. The fourth-order valence-electron chi connectivity index (χ4n) is 4.78. The molecule has 1 aliphatic heterocycles. The molecule has 8 heteroatoms.